The van der Waals surface area contributed by atoms with Gasteiger partial charge in [-0.15, -0.1) is 0 Å². The Morgan fingerprint density at radius 3 is 2.41 bits per heavy atom. The van der Waals surface area contributed by atoms with Crippen molar-refractivity contribution in [3.8, 4) is 5.75 Å². The van der Waals surface area contributed by atoms with Gasteiger partial charge >= 0.3 is 0 Å². The van der Waals surface area contributed by atoms with Crippen LogP contribution in [0.15, 0.2) is 60.8 Å². The maximum atomic E-state index is 13.4. The zero-order valence-corrected chi connectivity index (χ0v) is 19.9. The topological polar surface area (TPSA) is 63.0 Å². The van der Waals surface area contributed by atoms with E-state index in [1.807, 2.05) is 59.7 Å². The average molecular weight is 456 g/mol. The maximum Gasteiger partial charge on any atom is 0.259 e. The maximum absolute atomic E-state index is 13.4. The van der Waals surface area contributed by atoms with Crippen molar-refractivity contribution >= 4 is 17.2 Å². The molecule has 7 nitrogen and oxygen atoms in total. The van der Waals surface area contributed by atoms with E-state index >= 15 is 0 Å². The molecule has 7 heteroatoms. The number of para-hydroxylation sites is 2. The molecule has 1 saturated heterocycles. The van der Waals surface area contributed by atoms with Crippen molar-refractivity contribution in [2.45, 2.75) is 20.3 Å². The normalized spacial score (nSPS) is 14.0. The molecule has 174 valence electrons. The first-order chi connectivity index (χ1) is 16.6. The summed E-state index contributed by atoms with van der Waals surface area (Å²) in [5.74, 6) is 0.836. The predicted molar refractivity (Wildman–Crippen MR) is 133 cm³/mol. The number of aromatic nitrogens is 3. The lowest BCUT2D eigenvalue weighted by Crippen LogP contribution is -2.48. The van der Waals surface area contributed by atoms with Crippen LogP contribution in [0.4, 0.5) is 5.69 Å². The zero-order chi connectivity index (χ0) is 23.7. The van der Waals surface area contributed by atoms with Gasteiger partial charge in [-0.05, 0) is 37.1 Å². The van der Waals surface area contributed by atoms with E-state index in [4.69, 9.17) is 9.72 Å². The number of hydrogen-bond acceptors (Lipinski definition) is 5. The number of hydrogen-bond donors (Lipinski definition) is 0. The van der Waals surface area contributed by atoms with E-state index in [0.717, 1.165) is 47.9 Å². The fraction of sp³-hybridized carbons (Fsp3) is 0.296. The first kappa shape index (κ1) is 21.9. The highest BCUT2D eigenvalue weighted by molar-refractivity contribution is 5.99. The van der Waals surface area contributed by atoms with Crippen LogP contribution < -0.4 is 9.64 Å². The van der Waals surface area contributed by atoms with Gasteiger partial charge in [0.2, 0.25) is 0 Å². The number of amides is 1. The van der Waals surface area contributed by atoms with Crippen molar-refractivity contribution in [3.63, 3.8) is 0 Å². The van der Waals surface area contributed by atoms with E-state index in [1.54, 1.807) is 13.3 Å². The summed E-state index contributed by atoms with van der Waals surface area (Å²) < 4.78 is 7.32. The lowest BCUT2D eigenvalue weighted by molar-refractivity contribution is 0.0748. The molecule has 2 aromatic carbocycles. The molecule has 1 fully saturated rings. The first-order valence-corrected chi connectivity index (χ1v) is 11.6. The number of anilines is 1. The Hall–Kier alpha value is -3.87. The number of methoxy groups -OCH3 is 1. The van der Waals surface area contributed by atoms with Gasteiger partial charge in [-0.1, -0.05) is 42.5 Å². The van der Waals surface area contributed by atoms with Crippen LogP contribution in [0.3, 0.4) is 0 Å². The van der Waals surface area contributed by atoms with Gasteiger partial charge in [0.15, 0.2) is 5.65 Å². The summed E-state index contributed by atoms with van der Waals surface area (Å²) in [7, 11) is 1.69. The number of fused-ring (bicyclic) bond motifs is 1. The molecule has 1 amide bonds. The lowest BCUT2D eigenvalue weighted by Gasteiger charge is -2.36. The molecule has 0 saturated carbocycles. The molecule has 2 aromatic heterocycles. The van der Waals surface area contributed by atoms with Crippen molar-refractivity contribution in [2.24, 2.45) is 0 Å². The van der Waals surface area contributed by atoms with Gasteiger partial charge in [0, 0.05) is 44.0 Å². The van der Waals surface area contributed by atoms with Crippen LogP contribution in [-0.2, 0) is 6.42 Å². The number of carbonyl (C=O) groups excluding carboxylic acids is 1. The Bertz CT molecular complexity index is 1320. The minimum atomic E-state index is -0.0169. The lowest BCUT2D eigenvalue weighted by atomic mass is 10.0. The van der Waals surface area contributed by atoms with Crippen LogP contribution >= 0.6 is 0 Å². The molecule has 1 aliphatic heterocycles. The molecule has 0 unspecified atom stereocenters. The highest BCUT2D eigenvalue weighted by Crippen LogP contribution is 2.29. The highest BCUT2D eigenvalue weighted by Gasteiger charge is 2.27. The number of rotatable bonds is 5. The van der Waals surface area contributed by atoms with E-state index in [0.29, 0.717) is 24.3 Å². The standard InChI is InChI=1S/C27H29N5O2/c1-19-22(17-21-9-5-4-6-10-21)20(2)32-26(29-19)23(18-28-32)27(33)31-15-13-30(14-16-31)24-11-7-8-12-25(24)34-3/h4-12,18H,13-17H2,1-3H3. The first-order valence-electron chi connectivity index (χ1n) is 11.6. The number of ether oxygens (including phenoxy) is 1. The van der Waals surface area contributed by atoms with Crippen molar-refractivity contribution in [1.82, 2.24) is 19.5 Å². The number of aryl methyl sites for hydroxylation is 2. The molecule has 0 radical (unpaired) electrons. The van der Waals surface area contributed by atoms with Crippen molar-refractivity contribution in [2.75, 3.05) is 38.2 Å². The van der Waals surface area contributed by atoms with E-state index in [2.05, 4.69) is 28.2 Å². The zero-order valence-electron chi connectivity index (χ0n) is 19.9. The summed E-state index contributed by atoms with van der Waals surface area (Å²) >= 11 is 0. The van der Waals surface area contributed by atoms with Crippen molar-refractivity contribution in [1.29, 1.82) is 0 Å². The summed E-state index contributed by atoms with van der Waals surface area (Å²) in [4.78, 5) is 22.4. The number of carbonyl (C=O) groups is 1. The summed E-state index contributed by atoms with van der Waals surface area (Å²) in [5, 5.41) is 4.54. The summed E-state index contributed by atoms with van der Waals surface area (Å²) in [6, 6.07) is 18.4. The van der Waals surface area contributed by atoms with Crippen LogP contribution in [0.5, 0.6) is 5.75 Å². The van der Waals surface area contributed by atoms with Gasteiger partial charge in [-0.2, -0.15) is 5.10 Å². The fourth-order valence-electron chi connectivity index (χ4n) is 4.73. The van der Waals surface area contributed by atoms with Gasteiger partial charge in [0.1, 0.15) is 11.3 Å². The van der Waals surface area contributed by atoms with Crippen molar-refractivity contribution < 1.29 is 9.53 Å². The van der Waals surface area contributed by atoms with Gasteiger partial charge in [-0.3, -0.25) is 4.79 Å². The van der Waals surface area contributed by atoms with E-state index in [1.165, 1.54) is 5.56 Å². The van der Waals surface area contributed by atoms with Crippen LogP contribution in [0.2, 0.25) is 0 Å². The van der Waals surface area contributed by atoms with Crippen LogP contribution in [-0.4, -0.2) is 58.7 Å². The molecule has 0 N–H and O–H groups in total. The molecule has 4 aromatic rings. The average Bonchev–Trinajstić information content (AvgIpc) is 3.30. The van der Waals surface area contributed by atoms with E-state index in [-0.39, 0.29) is 5.91 Å². The minimum absolute atomic E-state index is 0.0169. The summed E-state index contributed by atoms with van der Waals surface area (Å²) in [6.07, 6.45) is 2.45. The summed E-state index contributed by atoms with van der Waals surface area (Å²) in [5.41, 5.74) is 6.58. The quantitative estimate of drug-likeness (QED) is 0.457. The molecule has 0 aliphatic carbocycles. The fourth-order valence-corrected chi connectivity index (χ4v) is 4.73. The van der Waals surface area contributed by atoms with E-state index in [9.17, 15) is 4.79 Å². The molecular formula is C27H29N5O2. The van der Waals surface area contributed by atoms with Gasteiger partial charge in [0.25, 0.3) is 5.91 Å². The molecule has 1 aliphatic rings. The Labute approximate surface area is 199 Å². The second kappa shape index (κ2) is 9.17. The van der Waals surface area contributed by atoms with Crippen LogP contribution in [0.1, 0.15) is 32.9 Å². The van der Waals surface area contributed by atoms with E-state index < -0.39 is 0 Å². The summed E-state index contributed by atoms with van der Waals surface area (Å²) in [6.45, 7) is 6.83. The third-order valence-electron chi connectivity index (χ3n) is 6.66. The Balaban J connectivity index is 1.36. The number of nitrogens with zero attached hydrogens (tertiary/aromatic N) is 5. The molecule has 3 heterocycles. The molecule has 0 atom stereocenters. The molecule has 0 spiro atoms. The minimum Gasteiger partial charge on any atom is -0.495 e. The molecular weight excluding hydrogens is 426 g/mol. The number of piperazine rings is 1. The Morgan fingerprint density at radius 1 is 0.971 bits per heavy atom. The second-order valence-corrected chi connectivity index (χ2v) is 8.67. The predicted octanol–water partition coefficient (Wildman–Crippen LogP) is 3.91. The van der Waals surface area contributed by atoms with Crippen LogP contribution in [0, 0.1) is 13.8 Å². The smallest absolute Gasteiger partial charge is 0.259 e. The third-order valence-corrected chi connectivity index (χ3v) is 6.66. The molecule has 0 bridgehead atoms. The van der Waals surface area contributed by atoms with Crippen LogP contribution in [0.25, 0.3) is 5.65 Å². The molecule has 5 rings (SSSR count). The van der Waals surface area contributed by atoms with Gasteiger partial charge in [0.05, 0.1) is 19.0 Å². The largest absolute Gasteiger partial charge is 0.495 e. The molecule has 34 heavy (non-hydrogen) atoms. The van der Waals surface area contributed by atoms with Gasteiger partial charge in [-0.25, -0.2) is 9.50 Å². The second-order valence-electron chi connectivity index (χ2n) is 8.67. The van der Waals surface area contributed by atoms with Crippen molar-refractivity contribution in [3.05, 3.63) is 88.9 Å². The highest BCUT2D eigenvalue weighted by atomic mass is 16.5. The Morgan fingerprint density at radius 2 is 1.68 bits per heavy atom. The Kier molecular flexibility index (Phi) is 5.92. The number of benzene rings is 2. The SMILES string of the molecule is COc1ccccc1N1CCN(C(=O)c2cnn3c(C)c(Cc4ccccc4)c(C)nc23)CC1. The third kappa shape index (κ3) is 3.98. The van der Waals surface area contributed by atoms with Gasteiger partial charge < -0.3 is 14.5 Å². The monoisotopic (exact) mass is 455 g/mol.